The van der Waals surface area contributed by atoms with E-state index in [0.717, 1.165) is 29.0 Å². The smallest absolute Gasteiger partial charge is 0.314 e. The molecule has 11 nitrogen and oxygen atoms in total. The Kier molecular flexibility index (Phi) is 12.9. The molecule has 2 aromatic carbocycles. The molecule has 3 aliphatic heterocycles. The fourth-order valence-electron chi connectivity index (χ4n) is 5.75. The molecule has 5 rings (SSSR count). The standard InChI is InChI=1S/C35H49N3O8/c1-5-43-34(41)35(13-12-25(2)3)21-26-8-10-28(30(19-26)42-4)46-23-33(40)36-14-16-38(15-6-7-32(39)37-24-35)22-27-9-11-29-31(20-27)45-18-17-44-29/h8-11,19-20,25H,5-7,12-18,21-24H2,1-4H3,(H,36,40)(H,37,39). The van der Waals surface area contributed by atoms with Gasteiger partial charge >= 0.3 is 5.97 Å². The fraction of sp³-hybridized carbons (Fsp3) is 0.571. The van der Waals surface area contributed by atoms with Crippen molar-refractivity contribution in [1.82, 2.24) is 15.5 Å². The minimum absolute atomic E-state index is 0.120. The van der Waals surface area contributed by atoms with Gasteiger partial charge in [-0.05, 0) is 80.5 Å². The van der Waals surface area contributed by atoms with E-state index in [1.807, 2.05) is 30.3 Å². The third-order valence-electron chi connectivity index (χ3n) is 8.30. The lowest BCUT2D eigenvalue weighted by molar-refractivity contribution is -0.156. The molecule has 3 heterocycles. The molecular formula is C35H49N3O8. The molecule has 2 N–H and O–H groups in total. The SMILES string of the molecule is CCOC(=O)C1(CCC(C)C)CNC(=O)CCCN(Cc2ccc3c(c2)OCCO3)CCNC(=O)COc2ccc(cc2OC)C1. The second kappa shape index (κ2) is 17.1. The number of carbonyl (C=O) groups excluding carboxylic acids is 3. The van der Waals surface area contributed by atoms with Gasteiger partial charge in [0.1, 0.15) is 13.2 Å². The van der Waals surface area contributed by atoms with Gasteiger partial charge in [0.15, 0.2) is 29.6 Å². The van der Waals surface area contributed by atoms with E-state index in [2.05, 4.69) is 29.4 Å². The van der Waals surface area contributed by atoms with Crippen LogP contribution < -0.4 is 29.6 Å². The molecule has 46 heavy (non-hydrogen) atoms. The quantitative estimate of drug-likeness (QED) is 0.327. The highest BCUT2D eigenvalue weighted by atomic mass is 16.6. The van der Waals surface area contributed by atoms with Crippen LogP contribution in [0.2, 0.25) is 0 Å². The van der Waals surface area contributed by atoms with Crippen molar-refractivity contribution in [3.8, 4) is 23.0 Å². The van der Waals surface area contributed by atoms with Crippen molar-refractivity contribution in [2.75, 3.05) is 59.7 Å². The Morgan fingerprint density at radius 2 is 1.76 bits per heavy atom. The number of benzene rings is 2. The maximum absolute atomic E-state index is 13.6. The van der Waals surface area contributed by atoms with Gasteiger partial charge < -0.3 is 34.3 Å². The molecule has 1 unspecified atom stereocenters. The van der Waals surface area contributed by atoms with Crippen LogP contribution in [0, 0.1) is 11.3 Å². The average Bonchev–Trinajstić information content (AvgIpc) is 3.04. The van der Waals surface area contributed by atoms with E-state index < -0.39 is 5.41 Å². The highest BCUT2D eigenvalue weighted by Gasteiger charge is 2.40. The summed E-state index contributed by atoms with van der Waals surface area (Å²) in [5, 5.41) is 6.01. The normalized spacial score (nSPS) is 20.0. The lowest BCUT2D eigenvalue weighted by Crippen LogP contribution is -2.46. The van der Waals surface area contributed by atoms with Gasteiger partial charge in [-0.25, -0.2) is 0 Å². The van der Waals surface area contributed by atoms with Crippen LogP contribution in [0.1, 0.15) is 57.6 Å². The summed E-state index contributed by atoms with van der Waals surface area (Å²) >= 11 is 0. The maximum atomic E-state index is 13.6. The van der Waals surface area contributed by atoms with Crippen LogP contribution in [0.3, 0.4) is 0 Å². The molecule has 0 fully saturated rings. The molecule has 2 bridgehead atoms. The highest BCUT2D eigenvalue weighted by Crippen LogP contribution is 2.36. The third-order valence-corrected chi connectivity index (χ3v) is 8.30. The van der Waals surface area contributed by atoms with Crippen LogP contribution in [-0.2, 0) is 32.1 Å². The zero-order chi connectivity index (χ0) is 32.9. The van der Waals surface area contributed by atoms with Gasteiger partial charge in [-0.3, -0.25) is 19.3 Å². The summed E-state index contributed by atoms with van der Waals surface area (Å²) in [6.45, 7) is 9.51. The molecule has 252 valence electrons. The van der Waals surface area contributed by atoms with Crippen molar-refractivity contribution in [2.24, 2.45) is 11.3 Å². The van der Waals surface area contributed by atoms with Crippen molar-refractivity contribution in [3.63, 3.8) is 0 Å². The number of methoxy groups -OCH3 is 1. The van der Waals surface area contributed by atoms with E-state index in [-0.39, 0.29) is 37.5 Å². The second-order valence-electron chi connectivity index (χ2n) is 12.4. The molecule has 0 saturated heterocycles. The summed E-state index contributed by atoms with van der Waals surface area (Å²) in [6, 6.07) is 11.3. The first kappa shape index (κ1) is 34.9. The fourth-order valence-corrected chi connectivity index (χ4v) is 5.75. The average molecular weight is 640 g/mol. The van der Waals surface area contributed by atoms with E-state index >= 15 is 0 Å². The van der Waals surface area contributed by atoms with Crippen LogP contribution in [0.25, 0.3) is 0 Å². The number of rotatable bonds is 8. The first-order chi connectivity index (χ1) is 22.2. The van der Waals surface area contributed by atoms with E-state index in [4.69, 9.17) is 23.7 Å². The summed E-state index contributed by atoms with van der Waals surface area (Å²) < 4.78 is 28.5. The summed E-state index contributed by atoms with van der Waals surface area (Å²) in [6.07, 6.45) is 2.58. The Morgan fingerprint density at radius 1 is 0.978 bits per heavy atom. The van der Waals surface area contributed by atoms with Crippen molar-refractivity contribution >= 4 is 17.8 Å². The predicted molar refractivity (Wildman–Crippen MR) is 173 cm³/mol. The zero-order valence-corrected chi connectivity index (χ0v) is 27.7. The number of hydrogen-bond acceptors (Lipinski definition) is 9. The lowest BCUT2D eigenvalue weighted by Gasteiger charge is -2.33. The first-order valence-electron chi connectivity index (χ1n) is 16.3. The Balaban J connectivity index is 1.56. The Labute approximate surface area is 272 Å². The van der Waals surface area contributed by atoms with Crippen LogP contribution >= 0.6 is 0 Å². The number of nitrogens with zero attached hydrogens (tertiary/aromatic N) is 1. The maximum Gasteiger partial charge on any atom is 0.314 e. The molecule has 0 radical (unpaired) electrons. The van der Waals surface area contributed by atoms with Gasteiger partial charge in [-0.1, -0.05) is 26.0 Å². The van der Waals surface area contributed by atoms with Crippen LogP contribution in [0.15, 0.2) is 36.4 Å². The molecule has 1 atom stereocenters. The number of carbonyl (C=O) groups is 3. The lowest BCUT2D eigenvalue weighted by atomic mass is 9.76. The van der Waals surface area contributed by atoms with Gasteiger partial charge in [-0.15, -0.1) is 0 Å². The van der Waals surface area contributed by atoms with Gasteiger partial charge in [0.05, 0.1) is 19.1 Å². The summed E-state index contributed by atoms with van der Waals surface area (Å²) in [5.41, 5.74) is 0.921. The first-order valence-corrected chi connectivity index (χ1v) is 16.3. The van der Waals surface area contributed by atoms with Crippen molar-refractivity contribution in [3.05, 3.63) is 47.5 Å². The summed E-state index contributed by atoms with van der Waals surface area (Å²) in [5.74, 6) is 1.99. The molecule has 0 spiro atoms. The predicted octanol–water partition coefficient (Wildman–Crippen LogP) is 3.90. The molecule has 2 amide bonds. The van der Waals surface area contributed by atoms with Crippen molar-refractivity contribution in [2.45, 2.75) is 59.4 Å². The number of esters is 1. The molecule has 0 aliphatic carbocycles. The largest absolute Gasteiger partial charge is 0.493 e. The number of nitrogens with one attached hydrogen (secondary N) is 2. The summed E-state index contributed by atoms with van der Waals surface area (Å²) in [7, 11) is 1.54. The Hall–Kier alpha value is -3.99. The molecule has 0 aromatic heterocycles. The Morgan fingerprint density at radius 3 is 2.52 bits per heavy atom. The molecule has 0 saturated carbocycles. The topological polar surface area (TPSA) is 125 Å². The number of amides is 2. The monoisotopic (exact) mass is 639 g/mol. The number of ether oxygens (including phenoxy) is 5. The van der Waals surface area contributed by atoms with E-state index in [1.165, 1.54) is 7.11 Å². The molecule has 3 aliphatic rings. The van der Waals surface area contributed by atoms with E-state index in [0.29, 0.717) is 82.5 Å². The van der Waals surface area contributed by atoms with Crippen LogP contribution in [-0.4, -0.2) is 82.4 Å². The molecular weight excluding hydrogens is 590 g/mol. The van der Waals surface area contributed by atoms with E-state index in [1.54, 1.807) is 13.0 Å². The van der Waals surface area contributed by atoms with Crippen LogP contribution in [0.5, 0.6) is 23.0 Å². The van der Waals surface area contributed by atoms with E-state index in [9.17, 15) is 14.4 Å². The Bertz CT molecular complexity index is 1330. The van der Waals surface area contributed by atoms with Gasteiger partial charge in [0.25, 0.3) is 5.91 Å². The van der Waals surface area contributed by atoms with Crippen molar-refractivity contribution in [1.29, 1.82) is 0 Å². The van der Waals surface area contributed by atoms with Gasteiger partial charge in [0, 0.05) is 32.6 Å². The second-order valence-corrected chi connectivity index (χ2v) is 12.4. The van der Waals surface area contributed by atoms with Crippen LogP contribution in [0.4, 0.5) is 0 Å². The minimum Gasteiger partial charge on any atom is -0.493 e. The third kappa shape index (κ3) is 10.0. The minimum atomic E-state index is -0.962. The van der Waals surface area contributed by atoms with Crippen molar-refractivity contribution < 1.29 is 38.1 Å². The number of hydrogen-bond donors (Lipinski definition) is 2. The van der Waals surface area contributed by atoms with Gasteiger partial charge in [0.2, 0.25) is 5.91 Å². The number of fused-ring (bicyclic) bond motifs is 17. The molecule has 2 aromatic rings. The zero-order valence-electron chi connectivity index (χ0n) is 27.7. The molecule has 11 heteroatoms. The van der Waals surface area contributed by atoms with Gasteiger partial charge in [-0.2, -0.15) is 0 Å². The highest BCUT2D eigenvalue weighted by molar-refractivity contribution is 5.80. The summed E-state index contributed by atoms with van der Waals surface area (Å²) in [4.78, 5) is 41.7.